The first-order chi connectivity index (χ1) is 11.3. The molecule has 4 rings (SSSR count). The van der Waals surface area contributed by atoms with E-state index in [4.69, 9.17) is 0 Å². The number of hydrogen-bond acceptors (Lipinski definition) is 7. The van der Waals surface area contributed by atoms with Gasteiger partial charge >= 0.3 is 0 Å². The molecule has 3 heterocycles. The Morgan fingerprint density at radius 1 is 1.26 bits per heavy atom. The van der Waals surface area contributed by atoms with Gasteiger partial charge in [-0.05, 0) is 54.7 Å². The van der Waals surface area contributed by atoms with Crippen molar-refractivity contribution in [3.05, 3.63) is 30.4 Å². The van der Waals surface area contributed by atoms with Crippen LogP contribution in [-0.4, -0.2) is 29.1 Å². The molecule has 1 aliphatic carbocycles. The molecule has 1 fully saturated rings. The predicted molar refractivity (Wildman–Crippen MR) is 89.6 cm³/mol. The summed E-state index contributed by atoms with van der Waals surface area (Å²) in [4.78, 5) is 8.70. The highest BCUT2D eigenvalue weighted by Crippen LogP contribution is 2.40. The summed E-state index contributed by atoms with van der Waals surface area (Å²) in [5, 5.41) is 9.62. The van der Waals surface area contributed by atoms with Crippen LogP contribution in [0.25, 0.3) is 11.4 Å². The van der Waals surface area contributed by atoms with Crippen molar-refractivity contribution < 1.29 is 0 Å². The second kappa shape index (κ2) is 6.37. The summed E-state index contributed by atoms with van der Waals surface area (Å²) < 4.78 is 7.55. The van der Waals surface area contributed by atoms with Gasteiger partial charge < -0.3 is 4.57 Å². The van der Waals surface area contributed by atoms with Gasteiger partial charge in [0, 0.05) is 30.4 Å². The van der Waals surface area contributed by atoms with Crippen LogP contribution in [0.15, 0.2) is 34.0 Å². The summed E-state index contributed by atoms with van der Waals surface area (Å²) in [5.41, 5.74) is 1.03. The second-order valence-corrected chi connectivity index (χ2v) is 7.45. The Balaban J connectivity index is 1.63. The SMILES string of the molecule is CCCn1c(Sc2nc(C3CC3)ns2)nnc1-c1ccncc1. The van der Waals surface area contributed by atoms with E-state index < -0.39 is 0 Å². The molecule has 0 saturated heterocycles. The fourth-order valence-corrected chi connectivity index (χ4v) is 4.00. The third kappa shape index (κ3) is 3.13. The lowest BCUT2D eigenvalue weighted by Crippen LogP contribution is -2.01. The first-order valence-corrected chi connectivity index (χ1v) is 9.29. The van der Waals surface area contributed by atoms with E-state index in [1.165, 1.54) is 24.4 Å². The molecule has 0 N–H and O–H groups in total. The first-order valence-electron chi connectivity index (χ1n) is 7.70. The summed E-state index contributed by atoms with van der Waals surface area (Å²) in [7, 11) is 0. The first kappa shape index (κ1) is 14.8. The Bertz CT molecular complexity index is 793. The Kier molecular flexibility index (Phi) is 4.09. The third-order valence-corrected chi connectivity index (χ3v) is 5.40. The number of nitrogens with zero attached hydrogens (tertiary/aromatic N) is 6. The van der Waals surface area contributed by atoms with Crippen molar-refractivity contribution in [1.29, 1.82) is 0 Å². The highest BCUT2D eigenvalue weighted by Gasteiger charge is 2.28. The van der Waals surface area contributed by atoms with Crippen molar-refractivity contribution in [2.45, 2.75) is 48.1 Å². The lowest BCUT2D eigenvalue weighted by atomic mass is 10.2. The fraction of sp³-hybridized carbons (Fsp3) is 0.400. The lowest BCUT2D eigenvalue weighted by Gasteiger charge is -2.07. The molecule has 0 amide bonds. The Morgan fingerprint density at radius 3 is 2.83 bits per heavy atom. The molecule has 0 aromatic carbocycles. The third-order valence-electron chi connectivity index (χ3n) is 3.65. The minimum atomic E-state index is 0.585. The second-order valence-electron chi connectivity index (χ2n) is 5.49. The van der Waals surface area contributed by atoms with E-state index in [0.717, 1.165) is 39.7 Å². The van der Waals surface area contributed by atoms with Crippen molar-refractivity contribution in [3.63, 3.8) is 0 Å². The Hall–Kier alpha value is -1.80. The summed E-state index contributed by atoms with van der Waals surface area (Å²) in [6.45, 7) is 3.03. The molecule has 8 heteroatoms. The maximum Gasteiger partial charge on any atom is 0.198 e. The topological polar surface area (TPSA) is 69.4 Å². The van der Waals surface area contributed by atoms with Gasteiger partial charge in [-0.2, -0.15) is 4.37 Å². The van der Waals surface area contributed by atoms with Gasteiger partial charge in [0.15, 0.2) is 15.3 Å². The Labute approximate surface area is 142 Å². The summed E-state index contributed by atoms with van der Waals surface area (Å²) >= 11 is 3.01. The van der Waals surface area contributed by atoms with Crippen molar-refractivity contribution in [2.24, 2.45) is 0 Å². The normalized spacial score (nSPS) is 14.3. The van der Waals surface area contributed by atoms with Gasteiger partial charge in [0.1, 0.15) is 5.82 Å². The van der Waals surface area contributed by atoms with Crippen molar-refractivity contribution >= 4 is 23.3 Å². The van der Waals surface area contributed by atoms with Crippen LogP contribution in [0.5, 0.6) is 0 Å². The highest BCUT2D eigenvalue weighted by molar-refractivity contribution is 8.00. The molecule has 0 bridgehead atoms. The number of hydrogen-bond donors (Lipinski definition) is 0. The number of pyridine rings is 1. The minimum absolute atomic E-state index is 0.585. The summed E-state index contributed by atoms with van der Waals surface area (Å²) in [6, 6.07) is 3.92. The van der Waals surface area contributed by atoms with Gasteiger partial charge in [0.25, 0.3) is 0 Å². The molecule has 1 aliphatic rings. The molecule has 0 radical (unpaired) electrons. The lowest BCUT2D eigenvalue weighted by molar-refractivity contribution is 0.626. The average molecular weight is 344 g/mol. The van der Waals surface area contributed by atoms with Gasteiger partial charge in [-0.25, -0.2) is 4.98 Å². The largest absolute Gasteiger partial charge is 0.302 e. The molecule has 23 heavy (non-hydrogen) atoms. The van der Waals surface area contributed by atoms with E-state index in [2.05, 4.69) is 36.0 Å². The van der Waals surface area contributed by atoms with Crippen LogP contribution in [-0.2, 0) is 6.54 Å². The maximum absolute atomic E-state index is 4.63. The molecule has 1 saturated carbocycles. The van der Waals surface area contributed by atoms with Crippen LogP contribution in [0.3, 0.4) is 0 Å². The van der Waals surface area contributed by atoms with Crippen LogP contribution in [0, 0.1) is 0 Å². The quantitative estimate of drug-likeness (QED) is 0.680. The highest BCUT2D eigenvalue weighted by atomic mass is 32.2. The maximum atomic E-state index is 4.63. The smallest absolute Gasteiger partial charge is 0.198 e. The van der Waals surface area contributed by atoms with Crippen LogP contribution in [0.2, 0.25) is 0 Å². The summed E-state index contributed by atoms with van der Waals surface area (Å²) in [6.07, 6.45) is 7.02. The predicted octanol–water partition coefficient (Wildman–Crippen LogP) is 3.63. The molecular formula is C15H16N6S2. The molecule has 0 spiro atoms. The molecule has 3 aromatic heterocycles. The fourth-order valence-electron chi connectivity index (χ4n) is 2.35. The van der Waals surface area contributed by atoms with Crippen molar-refractivity contribution in [3.8, 4) is 11.4 Å². The van der Waals surface area contributed by atoms with E-state index in [1.807, 2.05) is 12.1 Å². The van der Waals surface area contributed by atoms with Crippen molar-refractivity contribution in [2.75, 3.05) is 0 Å². The molecular weight excluding hydrogens is 328 g/mol. The van der Waals surface area contributed by atoms with Gasteiger partial charge in [-0.15, -0.1) is 10.2 Å². The van der Waals surface area contributed by atoms with Gasteiger partial charge in [0.05, 0.1) is 0 Å². The van der Waals surface area contributed by atoms with Gasteiger partial charge in [-0.1, -0.05) is 6.92 Å². The van der Waals surface area contributed by atoms with Crippen LogP contribution >= 0.6 is 23.3 Å². The zero-order valence-corrected chi connectivity index (χ0v) is 14.3. The van der Waals surface area contributed by atoms with E-state index in [-0.39, 0.29) is 0 Å². The Morgan fingerprint density at radius 2 is 2.09 bits per heavy atom. The molecule has 3 aromatic rings. The average Bonchev–Trinajstić information content (AvgIpc) is 3.21. The van der Waals surface area contributed by atoms with Crippen LogP contribution < -0.4 is 0 Å². The van der Waals surface area contributed by atoms with Gasteiger partial charge in [0.2, 0.25) is 0 Å². The zero-order chi connectivity index (χ0) is 15.6. The molecule has 0 atom stereocenters. The van der Waals surface area contributed by atoms with Crippen LogP contribution in [0.4, 0.5) is 0 Å². The molecule has 0 aliphatic heterocycles. The minimum Gasteiger partial charge on any atom is -0.302 e. The zero-order valence-electron chi connectivity index (χ0n) is 12.7. The van der Waals surface area contributed by atoms with E-state index in [9.17, 15) is 0 Å². The van der Waals surface area contributed by atoms with Crippen molar-refractivity contribution in [1.82, 2.24) is 29.1 Å². The standard InChI is InChI=1S/C15H16N6S2/c1-2-9-21-13(11-5-7-16-8-6-11)18-19-14(21)22-15-17-12(20-23-15)10-3-4-10/h5-8,10H,2-4,9H2,1H3. The number of aromatic nitrogens is 6. The summed E-state index contributed by atoms with van der Waals surface area (Å²) in [5.74, 6) is 2.46. The number of rotatable bonds is 6. The van der Waals surface area contributed by atoms with E-state index >= 15 is 0 Å². The van der Waals surface area contributed by atoms with Crippen LogP contribution in [0.1, 0.15) is 37.9 Å². The molecule has 0 unspecified atom stereocenters. The molecule has 6 nitrogen and oxygen atoms in total. The molecule has 118 valence electrons. The monoisotopic (exact) mass is 344 g/mol. The van der Waals surface area contributed by atoms with E-state index in [0.29, 0.717) is 5.92 Å². The van der Waals surface area contributed by atoms with Gasteiger partial charge in [-0.3, -0.25) is 4.98 Å². The van der Waals surface area contributed by atoms with E-state index in [1.54, 1.807) is 24.2 Å².